The zero-order valence-electron chi connectivity index (χ0n) is 6.64. The van der Waals surface area contributed by atoms with Crippen molar-refractivity contribution >= 4 is 24.2 Å². The molecule has 0 radical (unpaired) electrons. The number of hydrogen-bond donors (Lipinski definition) is 0. The van der Waals surface area contributed by atoms with Gasteiger partial charge < -0.3 is 4.74 Å². The molecule has 0 saturated heterocycles. The summed E-state index contributed by atoms with van der Waals surface area (Å²) in [6.07, 6.45) is -0.176. The van der Waals surface area contributed by atoms with Crippen molar-refractivity contribution in [2.75, 3.05) is 0 Å². The summed E-state index contributed by atoms with van der Waals surface area (Å²) in [5.74, 6) is 0.439. The highest BCUT2D eigenvalue weighted by atomic mass is 35.5. The largest absolute Gasteiger partial charge is 0.475 e. The molecule has 0 aliphatic carbocycles. The first-order valence-corrected chi connectivity index (χ1v) is 3.97. The summed E-state index contributed by atoms with van der Waals surface area (Å²) < 4.78 is 4.97. The van der Waals surface area contributed by atoms with E-state index in [0.29, 0.717) is 23.3 Å². The van der Waals surface area contributed by atoms with Crippen LogP contribution in [0.3, 0.4) is 0 Å². The standard InChI is InChI=1S/C9H7ClO3/c10-7-1-3-8(4-2-7)13-9(5-11)6-12/h1-6,9H. The molecule has 0 unspecified atom stereocenters. The van der Waals surface area contributed by atoms with Crippen molar-refractivity contribution in [3.63, 3.8) is 0 Å². The fraction of sp³-hybridized carbons (Fsp3) is 0.111. The molecule has 1 aromatic rings. The van der Waals surface area contributed by atoms with E-state index >= 15 is 0 Å². The Morgan fingerprint density at radius 3 is 2.15 bits per heavy atom. The summed E-state index contributed by atoms with van der Waals surface area (Å²) in [6, 6.07) is 6.40. The molecule has 0 amide bonds. The lowest BCUT2D eigenvalue weighted by atomic mass is 10.3. The number of carbonyl (C=O) groups excluding carboxylic acids is 2. The van der Waals surface area contributed by atoms with Crippen molar-refractivity contribution < 1.29 is 14.3 Å². The van der Waals surface area contributed by atoms with Crippen LogP contribution >= 0.6 is 11.6 Å². The topological polar surface area (TPSA) is 43.4 Å². The lowest BCUT2D eigenvalue weighted by Crippen LogP contribution is -2.19. The normalized spacial score (nSPS) is 9.69. The van der Waals surface area contributed by atoms with Crippen LogP contribution < -0.4 is 4.74 Å². The van der Waals surface area contributed by atoms with Crippen LogP contribution in [-0.2, 0) is 9.59 Å². The van der Waals surface area contributed by atoms with E-state index < -0.39 is 6.10 Å². The van der Waals surface area contributed by atoms with Gasteiger partial charge in [0, 0.05) is 5.02 Å². The Balaban J connectivity index is 2.68. The van der Waals surface area contributed by atoms with Gasteiger partial charge in [-0.1, -0.05) is 11.6 Å². The summed E-state index contributed by atoms with van der Waals surface area (Å²) in [7, 11) is 0. The van der Waals surface area contributed by atoms with Gasteiger partial charge in [-0.2, -0.15) is 0 Å². The third-order valence-corrected chi connectivity index (χ3v) is 1.61. The van der Waals surface area contributed by atoms with Gasteiger partial charge in [0.15, 0.2) is 12.6 Å². The molecule has 68 valence electrons. The maximum atomic E-state index is 10.2. The first-order valence-electron chi connectivity index (χ1n) is 3.59. The van der Waals surface area contributed by atoms with Crippen molar-refractivity contribution in [1.29, 1.82) is 0 Å². The summed E-state index contributed by atoms with van der Waals surface area (Å²) in [5.41, 5.74) is 0. The molecule has 3 nitrogen and oxygen atoms in total. The van der Waals surface area contributed by atoms with Gasteiger partial charge in [-0.05, 0) is 24.3 Å². The first kappa shape index (κ1) is 9.74. The molecule has 0 N–H and O–H groups in total. The predicted molar refractivity (Wildman–Crippen MR) is 48.0 cm³/mol. The zero-order valence-corrected chi connectivity index (χ0v) is 7.40. The molecule has 0 bridgehead atoms. The zero-order chi connectivity index (χ0) is 9.68. The number of halogens is 1. The fourth-order valence-corrected chi connectivity index (χ4v) is 0.884. The molecule has 0 aliphatic rings. The Morgan fingerprint density at radius 1 is 1.15 bits per heavy atom. The second kappa shape index (κ2) is 4.62. The molecule has 0 heterocycles. The lowest BCUT2D eigenvalue weighted by molar-refractivity contribution is -0.122. The summed E-state index contributed by atoms with van der Waals surface area (Å²) in [6.45, 7) is 0. The number of benzene rings is 1. The Labute approximate surface area is 80.3 Å². The van der Waals surface area contributed by atoms with Crippen LogP contribution in [0.1, 0.15) is 0 Å². The number of ether oxygens (including phenoxy) is 1. The minimum Gasteiger partial charge on any atom is -0.475 e. The Bertz CT molecular complexity index is 286. The van der Waals surface area contributed by atoms with Crippen LogP contribution in [0.5, 0.6) is 5.75 Å². The van der Waals surface area contributed by atoms with Crippen LogP contribution in [-0.4, -0.2) is 18.7 Å². The van der Waals surface area contributed by atoms with E-state index in [-0.39, 0.29) is 0 Å². The maximum Gasteiger partial charge on any atom is 0.208 e. The molecular weight excluding hydrogens is 192 g/mol. The Morgan fingerprint density at radius 2 is 1.69 bits per heavy atom. The second-order valence-corrected chi connectivity index (χ2v) is 2.74. The molecule has 1 rings (SSSR count). The van der Waals surface area contributed by atoms with E-state index in [4.69, 9.17) is 16.3 Å². The molecule has 0 fully saturated rings. The molecule has 0 saturated carbocycles. The monoisotopic (exact) mass is 198 g/mol. The van der Waals surface area contributed by atoms with E-state index in [1.54, 1.807) is 24.3 Å². The first-order chi connectivity index (χ1) is 6.26. The Kier molecular flexibility index (Phi) is 3.46. The third-order valence-electron chi connectivity index (χ3n) is 1.35. The highest BCUT2D eigenvalue weighted by molar-refractivity contribution is 6.30. The van der Waals surface area contributed by atoms with Crippen LogP contribution in [0.15, 0.2) is 24.3 Å². The van der Waals surface area contributed by atoms with E-state index in [2.05, 4.69) is 0 Å². The molecule has 0 atom stereocenters. The minimum atomic E-state index is -1.04. The summed E-state index contributed by atoms with van der Waals surface area (Å²) in [5, 5.41) is 0.570. The molecule has 0 aliphatic heterocycles. The predicted octanol–water partition coefficient (Wildman–Crippen LogP) is 1.49. The average Bonchev–Trinajstić information content (AvgIpc) is 2.17. The summed E-state index contributed by atoms with van der Waals surface area (Å²) >= 11 is 5.62. The van der Waals surface area contributed by atoms with Crippen LogP contribution in [0.25, 0.3) is 0 Å². The van der Waals surface area contributed by atoms with E-state index in [0.717, 1.165) is 0 Å². The number of carbonyl (C=O) groups is 2. The third kappa shape index (κ3) is 2.87. The van der Waals surface area contributed by atoms with E-state index in [1.807, 2.05) is 0 Å². The smallest absolute Gasteiger partial charge is 0.208 e. The molecule has 1 aromatic carbocycles. The van der Waals surface area contributed by atoms with Crippen molar-refractivity contribution in [3.05, 3.63) is 29.3 Å². The second-order valence-electron chi connectivity index (χ2n) is 2.31. The van der Waals surface area contributed by atoms with Crippen LogP contribution in [0.2, 0.25) is 5.02 Å². The van der Waals surface area contributed by atoms with Gasteiger partial charge in [-0.25, -0.2) is 0 Å². The minimum absolute atomic E-state index is 0.432. The highest BCUT2D eigenvalue weighted by Crippen LogP contribution is 2.15. The van der Waals surface area contributed by atoms with Gasteiger partial charge in [0.2, 0.25) is 6.10 Å². The van der Waals surface area contributed by atoms with Gasteiger partial charge in [0.05, 0.1) is 0 Å². The van der Waals surface area contributed by atoms with Crippen molar-refractivity contribution in [2.24, 2.45) is 0 Å². The maximum absolute atomic E-state index is 10.2. The molecule has 0 aromatic heterocycles. The molecule has 13 heavy (non-hydrogen) atoms. The van der Waals surface area contributed by atoms with Crippen LogP contribution in [0.4, 0.5) is 0 Å². The van der Waals surface area contributed by atoms with Gasteiger partial charge in [0.1, 0.15) is 5.75 Å². The van der Waals surface area contributed by atoms with Crippen LogP contribution in [0, 0.1) is 0 Å². The SMILES string of the molecule is O=CC(C=O)Oc1ccc(Cl)cc1. The number of hydrogen-bond acceptors (Lipinski definition) is 3. The van der Waals surface area contributed by atoms with Crippen molar-refractivity contribution in [1.82, 2.24) is 0 Å². The fourth-order valence-electron chi connectivity index (χ4n) is 0.758. The molecule has 4 heteroatoms. The number of rotatable bonds is 4. The van der Waals surface area contributed by atoms with Crippen molar-refractivity contribution in [2.45, 2.75) is 6.10 Å². The average molecular weight is 199 g/mol. The quantitative estimate of drug-likeness (QED) is 0.544. The van der Waals surface area contributed by atoms with Gasteiger partial charge >= 0.3 is 0 Å². The Hall–Kier alpha value is -1.35. The summed E-state index contributed by atoms with van der Waals surface area (Å²) in [4.78, 5) is 20.5. The van der Waals surface area contributed by atoms with E-state index in [1.165, 1.54) is 0 Å². The van der Waals surface area contributed by atoms with Gasteiger partial charge in [-0.3, -0.25) is 9.59 Å². The molecule has 0 spiro atoms. The molecular formula is C9H7ClO3. The van der Waals surface area contributed by atoms with Crippen molar-refractivity contribution in [3.8, 4) is 5.75 Å². The number of aldehydes is 2. The lowest BCUT2D eigenvalue weighted by Gasteiger charge is -2.06. The van der Waals surface area contributed by atoms with E-state index in [9.17, 15) is 9.59 Å². The van der Waals surface area contributed by atoms with Gasteiger partial charge in [0.25, 0.3) is 0 Å². The van der Waals surface area contributed by atoms with Gasteiger partial charge in [-0.15, -0.1) is 0 Å². The highest BCUT2D eigenvalue weighted by Gasteiger charge is 2.05.